The lowest BCUT2D eigenvalue weighted by atomic mass is 9.89. The van der Waals surface area contributed by atoms with Crippen LogP contribution in [0.1, 0.15) is 29.7 Å². The molecule has 0 aliphatic carbocycles. The van der Waals surface area contributed by atoms with Crippen molar-refractivity contribution in [2.45, 2.75) is 26.4 Å². The number of para-hydroxylation sites is 2. The Morgan fingerprint density at radius 1 is 1.00 bits per heavy atom. The van der Waals surface area contributed by atoms with Gasteiger partial charge in [-0.05, 0) is 49.2 Å². The summed E-state index contributed by atoms with van der Waals surface area (Å²) < 4.78 is 12.7. The van der Waals surface area contributed by atoms with E-state index in [0.29, 0.717) is 18.2 Å². The zero-order valence-corrected chi connectivity index (χ0v) is 20.0. The van der Waals surface area contributed by atoms with E-state index in [9.17, 15) is 9.59 Å². The standard InChI is InChI=1S/C28H27N3O4/c1-4-35-27(33)24-25(20-13-15-21(34-3)16-14-20)31-23-8-6-5-7-22(23)29-28(31)30(26(24)32)17-19-11-9-18(2)10-12-19/h5-16,24-25H,4,17H2,1-3H3. The molecule has 2 atom stereocenters. The van der Waals surface area contributed by atoms with Crippen molar-refractivity contribution in [1.82, 2.24) is 9.55 Å². The van der Waals surface area contributed by atoms with E-state index in [2.05, 4.69) is 0 Å². The van der Waals surface area contributed by atoms with Crippen LogP contribution >= 0.6 is 0 Å². The summed E-state index contributed by atoms with van der Waals surface area (Å²) in [5.41, 5.74) is 4.49. The summed E-state index contributed by atoms with van der Waals surface area (Å²) >= 11 is 0. The zero-order valence-electron chi connectivity index (χ0n) is 20.0. The highest BCUT2D eigenvalue weighted by Crippen LogP contribution is 2.42. The first-order valence-electron chi connectivity index (χ1n) is 11.7. The highest BCUT2D eigenvalue weighted by Gasteiger charge is 2.47. The largest absolute Gasteiger partial charge is 0.497 e. The maximum Gasteiger partial charge on any atom is 0.321 e. The Morgan fingerprint density at radius 2 is 1.71 bits per heavy atom. The van der Waals surface area contributed by atoms with Gasteiger partial charge in [-0.1, -0.05) is 54.1 Å². The summed E-state index contributed by atoms with van der Waals surface area (Å²) in [6.07, 6.45) is 0. The molecule has 0 N–H and O–H groups in total. The van der Waals surface area contributed by atoms with Gasteiger partial charge in [-0.25, -0.2) is 4.98 Å². The van der Waals surface area contributed by atoms with Crippen LogP contribution in [-0.2, 0) is 20.9 Å². The van der Waals surface area contributed by atoms with Gasteiger partial charge in [-0.2, -0.15) is 0 Å². The zero-order chi connectivity index (χ0) is 24.5. The number of ether oxygens (including phenoxy) is 2. The topological polar surface area (TPSA) is 73.7 Å². The second-order valence-electron chi connectivity index (χ2n) is 8.63. The van der Waals surface area contributed by atoms with Crippen molar-refractivity contribution in [2.75, 3.05) is 18.6 Å². The average molecular weight is 470 g/mol. The van der Waals surface area contributed by atoms with Crippen molar-refractivity contribution in [3.8, 4) is 5.75 Å². The molecule has 35 heavy (non-hydrogen) atoms. The second kappa shape index (κ2) is 9.25. The summed E-state index contributed by atoms with van der Waals surface area (Å²) in [6, 6.07) is 22.6. The Kier molecular flexibility index (Phi) is 5.99. The molecule has 5 rings (SSSR count). The van der Waals surface area contributed by atoms with Crippen molar-refractivity contribution >= 4 is 28.9 Å². The first-order chi connectivity index (χ1) is 17.0. The Balaban J connectivity index is 1.72. The number of aromatic nitrogens is 2. The molecule has 1 aliphatic rings. The SMILES string of the molecule is CCOC(=O)C1C(=O)N(Cc2ccc(C)cc2)c2nc3ccccc3n2C1c1ccc(OC)cc1. The number of carbonyl (C=O) groups excluding carboxylic acids is 2. The smallest absolute Gasteiger partial charge is 0.321 e. The van der Waals surface area contributed by atoms with Crippen molar-refractivity contribution < 1.29 is 19.1 Å². The summed E-state index contributed by atoms with van der Waals surface area (Å²) in [7, 11) is 1.60. The third kappa shape index (κ3) is 4.03. The number of methoxy groups -OCH3 is 1. The minimum atomic E-state index is -1.06. The van der Waals surface area contributed by atoms with Gasteiger partial charge in [0.1, 0.15) is 5.75 Å². The third-order valence-corrected chi connectivity index (χ3v) is 6.40. The van der Waals surface area contributed by atoms with Gasteiger partial charge in [0, 0.05) is 0 Å². The number of anilines is 1. The number of imidazole rings is 1. The maximum absolute atomic E-state index is 14.0. The van der Waals surface area contributed by atoms with Gasteiger partial charge in [0.2, 0.25) is 11.9 Å². The number of benzene rings is 3. The molecule has 0 fully saturated rings. The molecule has 0 saturated carbocycles. The van der Waals surface area contributed by atoms with Crippen LogP contribution in [0.15, 0.2) is 72.8 Å². The Bertz CT molecular complexity index is 1380. The van der Waals surface area contributed by atoms with Gasteiger partial charge < -0.3 is 14.0 Å². The van der Waals surface area contributed by atoms with Gasteiger partial charge in [0.05, 0.1) is 37.3 Å². The lowest BCUT2D eigenvalue weighted by Crippen LogP contribution is -2.49. The second-order valence-corrected chi connectivity index (χ2v) is 8.63. The molecule has 0 bridgehead atoms. The van der Waals surface area contributed by atoms with E-state index in [4.69, 9.17) is 14.5 Å². The normalized spacial score (nSPS) is 17.3. The van der Waals surface area contributed by atoms with Crippen LogP contribution in [-0.4, -0.2) is 35.1 Å². The number of hydrogen-bond donors (Lipinski definition) is 0. The minimum absolute atomic E-state index is 0.188. The molecule has 0 radical (unpaired) electrons. The average Bonchev–Trinajstić information content (AvgIpc) is 3.26. The molecular weight excluding hydrogens is 442 g/mol. The maximum atomic E-state index is 14.0. The summed E-state index contributed by atoms with van der Waals surface area (Å²) in [6.45, 7) is 4.25. The van der Waals surface area contributed by atoms with Gasteiger partial charge >= 0.3 is 5.97 Å². The number of carbonyl (C=O) groups is 2. The quantitative estimate of drug-likeness (QED) is 0.303. The van der Waals surface area contributed by atoms with Crippen LogP contribution < -0.4 is 9.64 Å². The molecule has 0 saturated heterocycles. The van der Waals surface area contributed by atoms with Gasteiger partial charge in [-0.3, -0.25) is 14.5 Å². The first-order valence-corrected chi connectivity index (χ1v) is 11.7. The third-order valence-electron chi connectivity index (χ3n) is 6.40. The van der Waals surface area contributed by atoms with E-state index in [1.807, 2.05) is 84.3 Å². The van der Waals surface area contributed by atoms with E-state index < -0.39 is 17.9 Å². The summed E-state index contributed by atoms with van der Waals surface area (Å²) in [5.74, 6) is -0.722. The molecular formula is C28H27N3O4. The number of rotatable bonds is 6. The molecule has 1 aromatic heterocycles. The van der Waals surface area contributed by atoms with E-state index in [-0.39, 0.29) is 12.5 Å². The lowest BCUT2D eigenvalue weighted by Gasteiger charge is -2.38. The van der Waals surface area contributed by atoms with E-state index in [0.717, 1.165) is 27.7 Å². The molecule has 7 heteroatoms. The van der Waals surface area contributed by atoms with Crippen molar-refractivity contribution in [1.29, 1.82) is 0 Å². The van der Waals surface area contributed by atoms with Crippen molar-refractivity contribution in [3.05, 3.63) is 89.5 Å². The predicted molar refractivity (Wildman–Crippen MR) is 133 cm³/mol. The monoisotopic (exact) mass is 469 g/mol. The van der Waals surface area contributed by atoms with Crippen molar-refractivity contribution in [3.63, 3.8) is 0 Å². The molecule has 0 spiro atoms. The van der Waals surface area contributed by atoms with Crippen LogP contribution in [0, 0.1) is 12.8 Å². The van der Waals surface area contributed by atoms with E-state index in [1.54, 1.807) is 18.9 Å². The number of esters is 1. The highest BCUT2D eigenvalue weighted by atomic mass is 16.5. The fourth-order valence-corrected chi connectivity index (χ4v) is 4.68. The summed E-state index contributed by atoms with van der Waals surface area (Å²) in [5, 5.41) is 0. The van der Waals surface area contributed by atoms with Crippen LogP contribution in [0.5, 0.6) is 5.75 Å². The van der Waals surface area contributed by atoms with Gasteiger partial charge in [0.25, 0.3) is 0 Å². The number of fused-ring (bicyclic) bond motifs is 3. The van der Waals surface area contributed by atoms with Crippen LogP contribution in [0.25, 0.3) is 11.0 Å². The number of nitrogens with zero attached hydrogens (tertiary/aromatic N) is 3. The van der Waals surface area contributed by atoms with Crippen LogP contribution in [0.4, 0.5) is 5.95 Å². The van der Waals surface area contributed by atoms with E-state index in [1.165, 1.54) is 0 Å². The molecule has 2 unspecified atom stereocenters. The first kappa shape index (κ1) is 22.7. The predicted octanol–water partition coefficient (Wildman–Crippen LogP) is 4.67. The molecule has 178 valence electrons. The van der Waals surface area contributed by atoms with Gasteiger partial charge in [-0.15, -0.1) is 0 Å². The van der Waals surface area contributed by atoms with Crippen LogP contribution in [0.2, 0.25) is 0 Å². The summed E-state index contributed by atoms with van der Waals surface area (Å²) in [4.78, 5) is 33.7. The lowest BCUT2D eigenvalue weighted by molar-refractivity contribution is -0.153. The van der Waals surface area contributed by atoms with E-state index >= 15 is 0 Å². The molecule has 1 amide bonds. The van der Waals surface area contributed by atoms with Gasteiger partial charge in [0.15, 0.2) is 5.92 Å². The Morgan fingerprint density at radius 3 is 2.40 bits per heavy atom. The molecule has 2 heterocycles. The Hall–Kier alpha value is -4.13. The fraction of sp³-hybridized carbons (Fsp3) is 0.250. The number of amides is 1. The minimum Gasteiger partial charge on any atom is -0.497 e. The molecule has 4 aromatic rings. The highest BCUT2D eigenvalue weighted by molar-refractivity contribution is 6.08. The van der Waals surface area contributed by atoms with Crippen molar-refractivity contribution in [2.24, 2.45) is 5.92 Å². The number of hydrogen-bond acceptors (Lipinski definition) is 5. The van der Waals surface area contributed by atoms with Crippen LogP contribution in [0.3, 0.4) is 0 Å². The molecule has 1 aliphatic heterocycles. The molecule has 3 aromatic carbocycles. The Labute approximate surface area is 203 Å². The number of aryl methyl sites for hydroxylation is 1. The molecule has 7 nitrogen and oxygen atoms in total. The fourth-order valence-electron chi connectivity index (χ4n) is 4.68.